The summed E-state index contributed by atoms with van der Waals surface area (Å²) in [7, 11) is 0. The smallest absolute Gasteiger partial charge is 0.305 e. The fraction of sp³-hybridized carbons (Fsp3) is 0.960. The van der Waals surface area contributed by atoms with Crippen LogP contribution in [0.5, 0.6) is 0 Å². The Morgan fingerprint density at radius 2 is 1.07 bits per heavy atom. The van der Waals surface area contributed by atoms with Gasteiger partial charge in [-0.25, -0.2) is 0 Å². The summed E-state index contributed by atoms with van der Waals surface area (Å²) >= 11 is 0. The van der Waals surface area contributed by atoms with Gasteiger partial charge in [-0.2, -0.15) is 0 Å². The molecule has 2 heteroatoms. The molecule has 0 saturated heterocycles. The standard InChI is InChI=1S/C25H50O2/c1-4-5-6-7-8-14-17-20-23-27-25(26)22-19-16-13-11-9-10-12-15-18-21-24(2)3/h24H,4-23H2,1-3H3. The molecule has 0 heterocycles. The first-order valence-corrected chi connectivity index (χ1v) is 12.3. The molecule has 0 saturated carbocycles. The summed E-state index contributed by atoms with van der Waals surface area (Å²) in [6.45, 7) is 7.51. The molecule has 0 bridgehead atoms. The van der Waals surface area contributed by atoms with E-state index in [-0.39, 0.29) is 5.97 Å². The molecule has 0 atom stereocenters. The van der Waals surface area contributed by atoms with E-state index < -0.39 is 0 Å². The van der Waals surface area contributed by atoms with Crippen molar-refractivity contribution in [3.8, 4) is 0 Å². The highest BCUT2D eigenvalue weighted by molar-refractivity contribution is 5.69. The van der Waals surface area contributed by atoms with Gasteiger partial charge < -0.3 is 4.74 Å². The van der Waals surface area contributed by atoms with Gasteiger partial charge in [-0.05, 0) is 18.8 Å². The van der Waals surface area contributed by atoms with E-state index in [4.69, 9.17) is 4.74 Å². The first-order chi connectivity index (χ1) is 13.2. The van der Waals surface area contributed by atoms with E-state index in [0.29, 0.717) is 13.0 Å². The number of ether oxygens (including phenoxy) is 1. The normalized spacial score (nSPS) is 11.3. The maximum Gasteiger partial charge on any atom is 0.305 e. The van der Waals surface area contributed by atoms with Gasteiger partial charge in [0.2, 0.25) is 0 Å². The molecule has 0 rings (SSSR count). The Balaban J connectivity index is 3.15. The molecular formula is C25H50O2. The zero-order valence-electron chi connectivity index (χ0n) is 19.0. The minimum absolute atomic E-state index is 0.0168. The van der Waals surface area contributed by atoms with Crippen molar-refractivity contribution in [2.75, 3.05) is 6.61 Å². The highest BCUT2D eigenvalue weighted by Gasteiger charge is 2.02. The van der Waals surface area contributed by atoms with Crippen molar-refractivity contribution in [2.45, 2.75) is 143 Å². The highest BCUT2D eigenvalue weighted by atomic mass is 16.5. The third-order valence-corrected chi connectivity index (χ3v) is 5.42. The van der Waals surface area contributed by atoms with Crippen LogP contribution in [0.2, 0.25) is 0 Å². The Labute approximate surface area is 171 Å². The summed E-state index contributed by atoms with van der Waals surface area (Å²) in [5.41, 5.74) is 0. The minimum atomic E-state index is 0.0168. The monoisotopic (exact) mass is 382 g/mol. The topological polar surface area (TPSA) is 26.3 Å². The molecule has 0 radical (unpaired) electrons. The van der Waals surface area contributed by atoms with E-state index in [1.54, 1.807) is 0 Å². The van der Waals surface area contributed by atoms with Gasteiger partial charge in [-0.15, -0.1) is 0 Å². The lowest BCUT2D eigenvalue weighted by Gasteiger charge is -2.06. The molecule has 0 aromatic rings. The van der Waals surface area contributed by atoms with E-state index in [0.717, 1.165) is 18.8 Å². The molecular weight excluding hydrogens is 332 g/mol. The van der Waals surface area contributed by atoms with Crippen LogP contribution < -0.4 is 0 Å². The van der Waals surface area contributed by atoms with Crippen LogP contribution in [0.25, 0.3) is 0 Å². The zero-order chi connectivity index (χ0) is 20.0. The summed E-state index contributed by atoms with van der Waals surface area (Å²) in [6.07, 6.45) is 24.1. The molecule has 0 N–H and O–H groups in total. The number of hydrogen-bond donors (Lipinski definition) is 0. The van der Waals surface area contributed by atoms with E-state index >= 15 is 0 Å². The first kappa shape index (κ1) is 26.5. The van der Waals surface area contributed by atoms with Gasteiger partial charge in [0.25, 0.3) is 0 Å². The van der Waals surface area contributed by atoms with Crippen molar-refractivity contribution in [1.29, 1.82) is 0 Å². The molecule has 0 spiro atoms. The molecule has 0 unspecified atom stereocenters. The van der Waals surface area contributed by atoms with Crippen LogP contribution in [0.1, 0.15) is 143 Å². The molecule has 0 aromatic heterocycles. The van der Waals surface area contributed by atoms with Gasteiger partial charge in [0.15, 0.2) is 0 Å². The maximum atomic E-state index is 11.7. The van der Waals surface area contributed by atoms with Crippen molar-refractivity contribution in [2.24, 2.45) is 5.92 Å². The van der Waals surface area contributed by atoms with Crippen molar-refractivity contribution >= 4 is 5.97 Å². The van der Waals surface area contributed by atoms with Crippen LogP contribution in [-0.2, 0) is 9.53 Å². The molecule has 0 aliphatic rings. The quantitative estimate of drug-likeness (QED) is 0.147. The Morgan fingerprint density at radius 3 is 1.59 bits per heavy atom. The lowest BCUT2D eigenvalue weighted by Crippen LogP contribution is -2.05. The average molecular weight is 383 g/mol. The predicted octanol–water partition coefficient (Wildman–Crippen LogP) is 8.62. The molecule has 27 heavy (non-hydrogen) atoms. The number of hydrogen-bond acceptors (Lipinski definition) is 2. The van der Waals surface area contributed by atoms with Gasteiger partial charge in [0.05, 0.1) is 6.61 Å². The van der Waals surface area contributed by atoms with Crippen LogP contribution in [0.3, 0.4) is 0 Å². The number of carbonyl (C=O) groups is 1. The molecule has 0 fully saturated rings. The number of unbranched alkanes of at least 4 members (excludes halogenated alkanes) is 15. The van der Waals surface area contributed by atoms with Crippen LogP contribution in [-0.4, -0.2) is 12.6 Å². The zero-order valence-corrected chi connectivity index (χ0v) is 19.0. The number of rotatable bonds is 21. The third kappa shape index (κ3) is 23.4. The summed E-state index contributed by atoms with van der Waals surface area (Å²) in [5.74, 6) is 0.875. The van der Waals surface area contributed by atoms with E-state index in [9.17, 15) is 4.79 Å². The molecule has 0 aliphatic carbocycles. The molecule has 0 amide bonds. The first-order valence-electron chi connectivity index (χ1n) is 12.3. The largest absolute Gasteiger partial charge is 0.466 e. The highest BCUT2D eigenvalue weighted by Crippen LogP contribution is 2.14. The summed E-state index contributed by atoms with van der Waals surface area (Å²) in [4.78, 5) is 11.7. The predicted molar refractivity (Wildman–Crippen MR) is 119 cm³/mol. The molecule has 2 nitrogen and oxygen atoms in total. The van der Waals surface area contributed by atoms with E-state index in [1.807, 2.05) is 0 Å². The third-order valence-electron chi connectivity index (χ3n) is 5.42. The second-order valence-electron chi connectivity index (χ2n) is 8.81. The van der Waals surface area contributed by atoms with Crippen LogP contribution in [0, 0.1) is 5.92 Å². The summed E-state index contributed by atoms with van der Waals surface area (Å²) in [5, 5.41) is 0. The SMILES string of the molecule is CCCCCCCCCCOC(=O)CCCCCCCCCCCC(C)C. The Kier molecular flexibility index (Phi) is 21.3. The molecule has 0 aromatic carbocycles. The minimum Gasteiger partial charge on any atom is -0.466 e. The molecule has 162 valence electrons. The van der Waals surface area contributed by atoms with Gasteiger partial charge in [0, 0.05) is 6.42 Å². The second-order valence-corrected chi connectivity index (χ2v) is 8.81. The molecule has 0 aliphatic heterocycles. The lowest BCUT2D eigenvalue weighted by molar-refractivity contribution is -0.143. The Hall–Kier alpha value is -0.530. The lowest BCUT2D eigenvalue weighted by atomic mass is 10.0. The fourth-order valence-electron chi connectivity index (χ4n) is 3.55. The Morgan fingerprint density at radius 1 is 0.630 bits per heavy atom. The van der Waals surface area contributed by atoms with Crippen molar-refractivity contribution in [3.63, 3.8) is 0 Å². The van der Waals surface area contributed by atoms with Crippen LogP contribution >= 0.6 is 0 Å². The van der Waals surface area contributed by atoms with Crippen LogP contribution in [0.4, 0.5) is 0 Å². The average Bonchev–Trinajstić information content (AvgIpc) is 2.64. The maximum absolute atomic E-state index is 11.7. The second kappa shape index (κ2) is 21.8. The van der Waals surface area contributed by atoms with Crippen LogP contribution in [0.15, 0.2) is 0 Å². The Bertz CT molecular complexity index is 299. The van der Waals surface area contributed by atoms with Gasteiger partial charge in [0.1, 0.15) is 0 Å². The van der Waals surface area contributed by atoms with E-state index in [2.05, 4.69) is 20.8 Å². The van der Waals surface area contributed by atoms with Crippen molar-refractivity contribution < 1.29 is 9.53 Å². The van der Waals surface area contributed by atoms with Gasteiger partial charge in [-0.3, -0.25) is 4.79 Å². The van der Waals surface area contributed by atoms with E-state index in [1.165, 1.54) is 103 Å². The van der Waals surface area contributed by atoms with Gasteiger partial charge >= 0.3 is 5.97 Å². The number of carbonyl (C=O) groups excluding carboxylic acids is 1. The van der Waals surface area contributed by atoms with Gasteiger partial charge in [-0.1, -0.05) is 124 Å². The van der Waals surface area contributed by atoms with Crippen molar-refractivity contribution in [3.05, 3.63) is 0 Å². The number of esters is 1. The summed E-state index contributed by atoms with van der Waals surface area (Å²) in [6, 6.07) is 0. The fourth-order valence-corrected chi connectivity index (χ4v) is 3.55. The summed E-state index contributed by atoms with van der Waals surface area (Å²) < 4.78 is 5.35. The van der Waals surface area contributed by atoms with Crippen molar-refractivity contribution in [1.82, 2.24) is 0 Å².